The van der Waals surface area contributed by atoms with Crippen LogP contribution in [0.2, 0.25) is 0 Å². The summed E-state index contributed by atoms with van der Waals surface area (Å²) in [5, 5.41) is 0. The van der Waals surface area contributed by atoms with E-state index in [-0.39, 0.29) is 18.1 Å². The molecule has 0 saturated heterocycles. The summed E-state index contributed by atoms with van der Waals surface area (Å²) in [4.78, 5) is 24.6. The Morgan fingerprint density at radius 2 is 1.33 bits per heavy atom. The van der Waals surface area contributed by atoms with Crippen LogP contribution in [0.5, 0.6) is 0 Å². The highest BCUT2D eigenvalue weighted by Crippen LogP contribution is 2.23. The maximum atomic E-state index is 12.3. The van der Waals surface area contributed by atoms with E-state index in [0.29, 0.717) is 17.6 Å². The first-order valence-electron chi connectivity index (χ1n) is 7.85. The van der Waals surface area contributed by atoms with Crippen LogP contribution < -0.4 is 0 Å². The van der Waals surface area contributed by atoms with Crippen molar-refractivity contribution in [2.24, 2.45) is 5.92 Å². The largest absolute Gasteiger partial charge is 0.460 e. The van der Waals surface area contributed by atoms with Crippen molar-refractivity contribution in [1.82, 2.24) is 0 Å². The van der Waals surface area contributed by atoms with Crippen LogP contribution in [0, 0.1) is 5.92 Å². The van der Waals surface area contributed by atoms with Crippen LogP contribution in [-0.4, -0.2) is 24.1 Å². The molecule has 0 atom stereocenters. The van der Waals surface area contributed by atoms with E-state index in [9.17, 15) is 9.59 Å². The smallest absolute Gasteiger partial charge is 0.335 e. The highest BCUT2D eigenvalue weighted by molar-refractivity contribution is 6.00. The summed E-state index contributed by atoms with van der Waals surface area (Å²) in [6.07, 6.45) is 1.92. The fourth-order valence-electron chi connectivity index (χ4n) is 1.97. The Kier molecular flexibility index (Phi) is 8.98. The van der Waals surface area contributed by atoms with E-state index in [1.165, 1.54) is 0 Å². The number of ether oxygens (including phenoxy) is 2. The minimum absolute atomic E-state index is 0.0807. The van der Waals surface area contributed by atoms with Crippen LogP contribution in [-0.2, 0) is 19.1 Å². The Labute approximate surface area is 128 Å². The lowest BCUT2D eigenvalue weighted by molar-refractivity contribution is -0.146. The second-order valence-corrected chi connectivity index (χ2v) is 6.06. The number of esters is 2. The van der Waals surface area contributed by atoms with Gasteiger partial charge in [0.2, 0.25) is 0 Å². The lowest BCUT2D eigenvalue weighted by atomic mass is 9.94. The average Bonchev–Trinajstić information content (AvgIpc) is 2.31. The number of carbonyl (C=O) groups is 2. The highest BCUT2D eigenvalue weighted by Gasteiger charge is 2.26. The first-order valence-corrected chi connectivity index (χ1v) is 7.85. The van der Waals surface area contributed by atoms with Crippen molar-refractivity contribution in [2.45, 2.75) is 79.9 Å². The Morgan fingerprint density at radius 3 is 1.71 bits per heavy atom. The predicted octanol–water partition coefficient (Wildman–Crippen LogP) is 4.03. The van der Waals surface area contributed by atoms with Gasteiger partial charge >= 0.3 is 11.9 Å². The molecule has 21 heavy (non-hydrogen) atoms. The fraction of sp³-hybridized carbons (Fsp3) is 0.765. The molecule has 4 nitrogen and oxygen atoms in total. The number of carbonyl (C=O) groups excluding carboxylic acids is 2. The molecule has 0 fully saturated rings. The highest BCUT2D eigenvalue weighted by atomic mass is 16.5. The topological polar surface area (TPSA) is 52.6 Å². The SMILES string of the molecule is CCCC/C(C(=O)OC(C)C)=C(/C(=O)OC(C)C)C(C)C. The van der Waals surface area contributed by atoms with Gasteiger partial charge in [0.25, 0.3) is 0 Å². The van der Waals surface area contributed by atoms with E-state index < -0.39 is 11.9 Å². The van der Waals surface area contributed by atoms with Gasteiger partial charge in [-0.25, -0.2) is 9.59 Å². The maximum Gasteiger partial charge on any atom is 0.335 e. The first kappa shape index (κ1) is 19.7. The summed E-state index contributed by atoms with van der Waals surface area (Å²) in [6.45, 7) is 13.0. The van der Waals surface area contributed by atoms with Gasteiger partial charge in [0.05, 0.1) is 17.8 Å². The van der Waals surface area contributed by atoms with Gasteiger partial charge in [0, 0.05) is 5.57 Å². The molecule has 4 heteroatoms. The molecule has 0 N–H and O–H groups in total. The standard InChI is InChI=1S/C17H30O4/c1-8-9-10-14(16(18)20-12(4)5)15(11(2)3)17(19)21-13(6)7/h11-13H,8-10H2,1-7H3/b15-14-. The summed E-state index contributed by atoms with van der Waals surface area (Å²) < 4.78 is 10.6. The molecule has 0 aliphatic carbocycles. The molecule has 0 saturated carbocycles. The van der Waals surface area contributed by atoms with E-state index in [0.717, 1.165) is 12.8 Å². The van der Waals surface area contributed by atoms with Crippen LogP contribution >= 0.6 is 0 Å². The molecule has 0 radical (unpaired) electrons. The molecule has 0 heterocycles. The minimum atomic E-state index is -0.410. The quantitative estimate of drug-likeness (QED) is 0.501. The summed E-state index contributed by atoms with van der Waals surface area (Å²) in [6, 6.07) is 0. The maximum absolute atomic E-state index is 12.3. The number of hydrogen-bond acceptors (Lipinski definition) is 4. The van der Waals surface area contributed by atoms with Gasteiger partial charge in [-0.05, 0) is 46.5 Å². The molecular formula is C17H30O4. The van der Waals surface area contributed by atoms with Crippen molar-refractivity contribution in [1.29, 1.82) is 0 Å². The molecule has 0 unspecified atom stereocenters. The van der Waals surface area contributed by atoms with Crippen molar-refractivity contribution in [3.05, 3.63) is 11.1 Å². The van der Waals surface area contributed by atoms with Crippen molar-refractivity contribution < 1.29 is 19.1 Å². The number of rotatable bonds is 8. The van der Waals surface area contributed by atoms with Crippen molar-refractivity contribution in [2.75, 3.05) is 0 Å². The Hall–Kier alpha value is -1.32. The van der Waals surface area contributed by atoms with Gasteiger partial charge in [-0.1, -0.05) is 27.2 Å². The zero-order chi connectivity index (χ0) is 16.6. The van der Waals surface area contributed by atoms with E-state index >= 15 is 0 Å². The van der Waals surface area contributed by atoms with Gasteiger partial charge < -0.3 is 9.47 Å². The second-order valence-electron chi connectivity index (χ2n) is 6.06. The third-order valence-electron chi connectivity index (χ3n) is 2.83. The van der Waals surface area contributed by atoms with E-state index in [4.69, 9.17) is 9.47 Å². The van der Waals surface area contributed by atoms with Gasteiger partial charge in [0.1, 0.15) is 0 Å². The van der Waals surface area contributed by atoms with Gasteiger partial charge in [0.15, 0.2) is 0 Å². The third-order valence-corrected chi connectivity index (χ3v) is 2.83. The molecule has 0 aliphatic rings. The van der Waals surface area contributed by atoms with Crippen LogP contribution in [0.15, 0.2) is 11.1 Å². The van der Waals surface area contributed by atoms with Gasteiger partial charge in [-0.3, -0.25) is 0 Å². The number of hydrogen-bond donors (Lipinski definition) is 0. The summed E-state index contributed by atoms with van der Waals surface area (Å²) in [5.74, 6) is -0.891. The zero-order valence-corrected chi connectivity index (χ0v) is 14.5. The first-order chi connectivity index (χ1) is 9.70. The van der Waals surface area contributed by atoms with E-state index in [1.54, 1.807) is 27.7 Å². The fourth-order valence-corrected chi connectivity index (χ4v) is 1.97. The average molecular weight is 298 g/mol. The molecule has 0 bridgehead atoms. The summed E-state index contributed by atoms with van der Waals surface area (Å²) >= 11 is 0. The molecule has 122 valence electrons. The molecular weight excluding hydrogens is 268 g/mol. The zero-order valence-electron chi connectivity index (χ0n) is 14.5. The molecule has 0 aromatic heterocycles. The lowest BCUT2D eigenvalue weighted by Gasteiger charge is -2.19. The Balaban J connectivity index is 5.57. The van der Waals surface area contributed by atoms with Crippen molar-refractivity contribution >= 4 is 11.9 Å². The lowest BCUT2D eigenvalue weighted by Crippen LogP contribution is -2.23. The van der Waals surface area contributed by atoms with Crippen LogP contribution in [0.1, 0.15) is 67.7 Å². The molecule has 0 amide bonds. The number of unbranched alkanes of at least 4 members (excludes halogenated alkanes) is 1. The van der Waals surface area contributed by atoms with Gasteiger partial charge in [-0.15, -0.1) is 0 Å². The van der Waals surface area contributed by atoms with Crippen LogP contribution in [0.3, 0.4) is 0 Å². The summed E-state index contributed by atoms with van der Waals surface area (Å²) in [5.41, 5.74) is 0.911. The molecule has 0 aromatic carbocycles. The normalized spacial score (nSPS) is 12.7. The third kappa shape index (κ3) is 7.30. The Bertz CT molecular complexity index is 378. The van der Waals surface area contributed by atoms with E-state index in [1.807, 2.05) is 20.8 Å². The second kappa shape index (κ2) is 9.59. The van der Waals surface area contributed by atoms with Crippen molar-refractivity contribution in [3.63, 3.8) is 0 Å². The molecule has 0 rings (SSSR count). The Morgan fingerprint density at radius 1 is 0.857 bits per heavy atom. The van der Waals surface area contributed by atoms with Crippen LogP contribution in [0.4, 0.5) is 0 Å². The molecule has 0 aliphatic heterocycles. The predicted molar refractivity (Wildman–Crippen MR) is 83.8 cm³/mol. The monoisotopic (exact) mass is 298 g/mol. The van der Waals surface area contributed by atoms with Crippen LogP contribution in [0.25, 0.3) is 0 Å². The molecule has 0 spiro atoms. The van der Waals surface area contributed by atoms with Gasteiger partial charge in [-0.2, -0.15) is 0 Å². The van der Waals surface area contributed by atoms with E-state index in [2.05, 4.69) is 0 Å². The minimum Gasteiger partial charge on any atom is -0.460 e. The molecule has 0 aromatic rings. The van der Waals surface area contributed by atoms with Crippen molar-refractivity contribution in [3.8, 4) is 0 Å². The summed E-state index contributed by atoms with van der Waals surface area (Å²) in [7, 11) is 0.